The molecule has 0 spiro atoms. The van der Waals surface area contributed by atoms with Crippen LogP contribution < -0.4 is 10.6 Å². The van der Waals surface area contributed by atoms with Gasteiger partial charge in [-0.2, -0.15) is 0 Å². The van der Waals surface area contributed by atoms with Crippen molar-refractivity contribution >= 4 is 17.4 Å². The van der Waals surface area contributed by atoms with Crippen molar-refractivity contribution in [2.45, 2.75) is 19.8 Å². The molecule has 0 saturated carbocycles. The number of hydrogen-bond donors (Lipinski definition) is 2. The van der Waals surface area contributed by atoms with Crippen LogP contribution in [0.3, 0.4) is 0 Å². The molecule has 0 bridgehead atoms. The standard InChI is InChI=1S/C21H22N4O/c1-16-8-5-6-12-18(16)23-21(26)19-13-14-20(25-24-19)22-15-7-11-17-9-3-2-4-10-17/h2-6,8-10,12-14H,7,11,15H2,1H3,(H,22,25)(H,23,26). The molecule has 2 N–H and O–H groups in total. The molecule has 132 valence electrons. The molecular formula is C21H22N4O. The van der Waals surface area contributed by atoms with E-state index in [4.69, 9.17) is 0 Å². The number of benzene rings is 2. The van der Waals surface area contributed by atoms with Crippen LogP contribution in [0.15, 0.2) is 66.7 Å². The van der Waals surface area contributed by atoms with Crippen LogP contribution >= 0.6 is 0 Å². The zero-order valence-corrected chi connectivity index (χ0v) is 14.8. The first-order valence-electron chi connectivity index (χ1n) is 8.71. The summed E-state index contributed by atoms with van der Waals surface area (Å²) < 4.78 is 0. The van der Waals surface area contributed by atoms with Gasteiger partial charge in [0, 0.05) is 12.2 Å². The first kappa shape index (κ1) is 17.6. The SMILES string of the molecule is Cc1ccccc1NC(=O)c1ccc(NCCCc2ccccc2)nn1. The van der Waals surface area contributed by atoms with Crippen molar-refractivity contribution in [1.82, 2.24) is 10.2 Å². The van der Waals surface area contributed by atoms with E-state index in [1.54, 1.807) is 12.1 Å². The fourth-order valence-electron chi connectivity index (χ4n) is 2.60. The van der Waals surface area contributed by atoms with E-state index < -0.39 is 0 Å². The number of rotatable bonds is 7. The predicted molar refractivity (Wildman–Crippen MR) is 104 cm³/mol. The van der Waals surface area contributed by atoms with Crippen LogP contribution in [0, 0.1) is 6.92 Å². The van der Waals surface area contributed by atoms with Gasteiger partial charge in [0.25, 0.3) is 5.91 Å². The Labute approximate surface area is 153 Å². The van der Waals surface area contributed by atoms with Crippen molar-refractivity contribution in [3.63, 3.8) is 0 Å². The Balaban J connectivity index is 1.48. The molecule has 2 aromatic carbocycles. The van der Waals surface area contributed by atoms with Gasteiger partial charge in [-0.1, -0.05) is 48.5 Å². The van der Waals surface area contributed by atoms with E-state index in [2.05, 4.69) is 45.1 Å². The first-order valence-corrected chi connectivity index (χ1v) is 8.71. The summed E-state index contributed by atoms with van der Waals surface area (Å²) in [7, 11) is 0. The maximum Gasteiger partial charge on any atom is 0.276 e. The van der Waals surface area contributed by atoms with Gasteiger partial charge in [0.1, 0.15) is 5.82 Å². The lowest BCUT2D eigenvalue weighted by atomic mass is 10.1. The van der Waals surface area contributed by atoms with Gasteiger partial charge in [-0.25, -0.2) is 0 Å². The highest BCUT2D eigenvalue weighted by Gasteiger charge is 2.09. The normalized spacial score (nSPS) is 10.3. The Bertz CT molecular complexity index is 847. The Hall–Kier alpha value is -3.21. The predicted octanol–water partition coefficient (Wildman–Crippen LogP) is 4.08. The van der Waals surface area contributed by atoms with Crippen molar-refractivity contribution in [3.8, 4) is 0 Å². The van der Waals surface area contributed by atoms with Crippen molar-refractivity contribution in [2.75, 3.05) is 17.2 Å². The Morgan fingerprint density at radius 3 is 2.42 bits per heavy atom. The maximum absolute atomic E-state index is 12.3. The van der Waals surface area contributed by atoms with E-state index in [0.717, 1.165) is 30.6 Å². The van der Waals surface area contributed by atoms with Crippen molar-refractivity contribution in [2.24, 2.45) is 0 Å². The Kier molecular flexibility index (Phi) is 5.93. The molecule has 1 heterocycles. The number of hydrogen-bond acceptors (Lipinski definition) is 4. The van der Waals surface area contributed by atoms with E-state index >= 15 is 0 Å². The third kappa shape index (κ3) is 4.89. The molecule has 3 rings (SSSR count). The van der Waals surface area contributed by atoms with Gasteiger partial charge in [-0.15, -0.1) is 10.2 Å². The summed E-state index contributed by atoms with van der Waals surface area (Å²) in [6, 6.07) is 21.5. The minimum atomic E-state index is -0.262. The highest BCUT2D eigenvalue weighted by atomic mass is 16.1. The molecule has 0 fully saturated rings. The van der Waals surface area contributed by atoms with Gasteiger partial charge in [0.05, 0.1) is 0 Å². The number of aromatic nitrogens is 2. The highest BCUT2D eigenvalue weighted by Crippen LogP contribution is 2.14. The molecule has 0 atom stereocenters. The van der Waals surface area contributed by atoms with Crippen LogP contribution in [0.25, 0.3) is 0 Å². The zero-order valence-electron chi connectivity index (χ0n) is 14.8. The van der Waals surface area contributed by atoms with Gasteiger partial charge >= 0.3 is 0 Å². The third-order valence-electron chi connectivity index (χ3n) is 4.08. The number of anilines is 2. The van der Waals surface area contributed by atoms with Crippen molar-refractivity contribution in [1.29, 1.82) is 0 Å². The van der Waals surface area contributed by atoms with Crippen LogP contribution in [-0.2, 0) is 6.42 Å². The molecule has 3 aromatic rings. The minimum Gasteiger partial charge on any atom is -0.369 e. The highest BCUT2D eigenvalue weighted by molar-refractivity contribution is 6.03. The third-order valence-corrected chi connectivity index (χ3v) is 4.08. The quantitative estimate of drug-likeness (QED) is 0.633. The number of carbonyl (C=O) groups is 1. The van der Waals surface area contributed by atoms with E-state index in [1.165, 1.54) is 5.56 Å². The summed E-state index contributed by atoms with van der Waals surface area (Å²) >= 11 is 0. The second-order valence-corrected chi connectivity index (χ2v) is 6.09. The second kappa shape index (κ2) is 8.76. The number of amides is 1. The van der Waals surface area contributed by atoms with Gasteiger partial charge in [-0.05, 0) is 49.1 Å². The van der Waals surface area contributed by atoms with E-state index in [1.807, 2.05) is 37.3 Å². The fourth-order valence-corrected chi connectivity index (χ4v) is 2.60. The van der Waals surface area contributed by atoms with Crippen LogP contribution in [0.1, 0.15) is 28.0 Å². The number of nitrogens with one attached hydrogen (secondary N) is 2. The molecule has 0 aliphatic heterocycles. The Morgan fingerprint density at radius 1 is 0.923 bits per heavy atom. The van der Waals surface area contributed by atoms with Gasteiger partial charge in [-0.3, -0.25) is 4.79 Å². The van der Waals surface area contributed by atoms with Crippen LogP contribution in [-0.4, -0.2) is 22.6 Å². The average molecular weight is 346 g/mol. The summed E-state index contributed by atoms with van der Waals surface area (Å²) in [5, 5.41) is 14.2. The molecule has 0 unspecified atom stereocenters. The number of aryl methyl sites for hydroxylation is 2. The summed E-state index contributed by atoms with van der Waals surface area (Å²) in [5.41, 5.74) is 3.40. The molecule has 0 saturated heterocycles. The summed E-state index contributed by atoms with van der Waals surface area (Å²) in [5.74, 6) is 0.410. The molecule has 26 heavy (non-hydrogen) atoms. The van der Waals surface area contributed by atoms with Gasteiger partial charge < -0.3 is 10.6 Å². The van der Waals surface area contributed by atoms with Crippen LogP contribution in [0.5, 0.6) is 0 Å². The van der Waals surface area contributed by atoms with Gasteiger partial charge in [0.15, 0.2) is 5.69 Å². The summed E-state index contributed by atoms with van der Waals surface area (Å²) in [6.07, 6.45) is 2.01. The molecule has 1 aromatic heterocycles. The maximum atomic E-state index is 12.3. The minimum absolute atomic E-state index is 0.262. The topological polar surface area (TPSA) is 66.9 Å². The monoisotopic (exact) mass is 346 g/mol. The molecular weight excluding hydrogens is 324 g/mol. The lowest BCUT2D eigenvalue weighted by Gasteiger charge is -2.08. The van der Waals surface area contributed by atoms with E-state index in [9.17, 15) is 4.79 Å². The van der Waals surface area contributed by atoms with Crippen LogP contribution in [0.2, 0.25) is 0 Å². The summed E-state index contributed by atoms with van der Waals surface area (Å²) in [4.78, 5) is 12.3. The molecule has 5 nitrogen and oxygen atoms in total. The van der Waals surface area contributed by atoms with Gasteiger partial charge in [0.2, 0.25) is 0 Å². The lowest BCUT2D eigenvalue weighted by molar-refractivity contribution is 0.102. The van der Waals surface area contributed by atoms with Crippen molar-refractivity contribution in [3.05, 3.63) is 83.6 Å². The first-order chi connectivity index (χ1) is 12.7. The molecule has 0 aliphatic carbocycles. The summed E-state index contributed by atoms with van der Waals surface area (Å²) in [6.45, 7) is 2.75. The van der Waals surface area contributed by atoms with Crippen molar-refractivity contribution < 1.29 is 4.79 Å². The molecule has 0 aliphatic rings. The molecule has 1 amide bonds. The molecule has 0 radical (unpaired) electrons. The number of carbonyl (C=O) groups excluding carboxylic acids is 1. The Morgan fingerprint density at radius 2 is 1.69 bits per heavy atom. The van der Waals surface area contributed by atoms with E-state index in [-0.39, 0.29) is 5.91 Å². The molecule has 5 heteroatoms. The zero-order chi connectivity index (χ0) is 18.2. The number of para-hydroxylation sites is 1. The number of nitrogens with zero attached hydrogens (tertiary/aromatic N) is 2. The van der Waals surface area contributed by atoms with E-state index in [0.29, 0.717) is 11.5 Å². The fraction of sp³-hybridized carbons (Fsp3) is 0.190. The second-order valence-electron chi connectivity index (χ2n) is 6.09. The largest absolute Gasteiger partial charge is 0.369 e. The average Bonchev–Trinajstić information content (AvgIpc) is 2.68. The lowest BCUT2D eigenvalue weighted by Crippen LogP contribution is -2.15. The smallest absolute Gasteiger partial charge is 0.276 e. The van der Waals surface area contributed by atoms with Crippen LogP contribution in [0.4, 0.5) is 11.5 Å².